The van der Waals surface area contributed by atoms with E-state index in [0.29, 0.717) is 16.9 Å². The number of nitro groups is 1. The average Bonchev–Trinajstić information content (AvgIpc) is 2.42. The Labute approximate surface area is 121 Å². The predicted molar refractivity (Wildman–Crippen MR) is 79.3 cm³/mol. The number of anilines is 2. The molecule has 0 spiro atoms. The second-order valence-corrected chi connectivity index (χ2v) is 4.72. The summed E-state index contributed by atoms with van der Waals surface area (Å²) in [5.41, 5.74) is 2.87. The molecule has 0 aromatic heterocycles. The molecule has 0 heterocycles. The predicted octanol–water partition coefficient (Wildman–Crippen LogP) is 3.65. The molecule has 6 nitrogen and oxygen atoms in total. The number of nitrogens with zero attached hydrogens (tertiary/aromatic N) is 1. The molecule has 2 aromatic rings. The van der Waals surface area contributed by atoms with E-state index >= 15 is 0 Å². The molecule has 0 aliphatic heterocycles. The second-order valence-electron chi connectivity index (χ2n) is 4.72. The molecule has 0 saturated heterocycles. The first-order valence-corrected chi connectivity index (χ1v) is 6.24. The van der Waals surface area contributed by atoms with Crippen LogP contribution in [0.5, 0.6) is 0 Å². The van der Waals surface area contributed by atoms with Crippen molar-refractivity contribution in [2.45, 2.75) is 13.8 Å². The Morgan fingerprint density at radius 3 is 2.43 bits per heavy atom. The van der Waals surface area contributed by atoms with Gasteiger partial charge in [0, 0.05) is 23.0 Å². The van der Waals surface area contributed by atoms with Gasteiger partial charge in [0.15, 0.2) is 0 Å². The minimum Gasteiger partial charge on any atom is -0.478 e. The van der Waals surface area contributed by atoms with Crippen LogP contribution in [0.15, 0.2) is 36.4 Å². The van der Waals surface area contributed by atoms with Crippen LogP contribution < -0.4 is 5.32 Å². The first-order chi connectivity index (χ1) is 9.88. The number of nitro benzene ring substituents is 1. The highest BCUT2D eigenvalue weighted by Crippen LogP contribution is 2.26. The first-order valence-electron chi connectivity index (χ1n) is 6.24. The molecule has 2 rings (SSSR count). The number of carboxylic acids is 1. The first kappa shape index (κ1) is 14.5. The van der Waals surface area contributed by atoms with Gasteiger partial charge < -0.3 is 10.4 Å². The lowest BCUT2D eigenvalue weighted by Crippen LogP contribution is -2.00. The summed E-state index contributed by atoms with van der Waals surface area (Å²) < 4.78 is 0. The van der Waals surface area contributed by atoms with Gasteiger partial charge in [-0.15, -0.1) is 0 Å². The molecule has 0 amide bonds. The van der Waals surface area contributed by atoms with Gasteiger partial charge in [0.25, 0.3) is 5.69 Å². The lowest BCUT2D eigenvalue weighted by Gasteiger charge is -2.10. The summed E-state index contributed by atoms with van der Waals surface area (Å²) in [6, 6.07) is 9.55. The molecule has 0 radical (unpaired) electrons. The van der Waals surface area contributed by atoms with Crippen LogP contribution in [-0.4, -0.2) is 16.0 Å². The van der Waals surface area contributed by atoms with E-state index in [1.807, 2.05) is 0 Å². The third-order valence-electron chi connectivity index (χ3n) is 3.16. The van der Waals surface area contributed by atoms with Crippen LogP contribution in [0, 0.1) is 24.0 Å². The second kappa shape index (κ2) is 5.62. The Morgan fingerprint density at radius 2 is 1.86 bits per heavy atom. The van der Waals surface area contributed by atoms with Crippen LogP contribution in [0.2, 0.25) is 0 Å². The zero-order valence-corrected chi connectivity index (χ0v) is 11.6. The molecule has 21 heavy (non-hydrogen) atoms. The third kappa shape index (κ3) is 3.17. The monoisotopic (exact) mass is 286 g/mol. The summed E-state index contributed by atoms with van der Waals surface area (Å²) >= 11 is 0. The molecule has 0 bridgehead atoms. The van der Waals surface area contributed by atoms with Crippen molar-refractivity contribution in [3.8, 4) is 0 Å². The zero-order chi connectivity index (χ0) is 15.6. The van der Waals surface area contributed by atoms with E-state index in [0.717, 1.165) is 5.56 Å². The van der Waals surface area contributed by atoms with E-state index in [2.05, 4.69) is 5.32 Å². The van der Waals surface area contributed by atoms with Gasteiger partial charge in [0.1, 0.15) is 0 Å². The highest BCUT2D eigenvalue weighted by Gasteiger charge is 2.12. The number of aromatic carboxylic acids is 1. The molecule has 2 N–H and O–H groups in total. The number of carboxylic acid groups (broad SMARTS) is 1. The molecule has 0 aliphatic carbocycles. The van der Waals surface area contributed by atoms with Gasteiger partial charge >= 0.3 is 5.97 Å². The Bertz CT molecular complexity index is 726. The van der Waals surface area contributed by atoms with Crippen LogP contribution in [0.25, 0.3) is 0 Å². The number of rotatable bonds is 4. The van der Waals surface area contributed by atoms with Gasteiger partial charge in [0.05, 0.1) is 10.5 Å². The van der Waals surface area contributed by atoms with Crippen molar-refractivity contribution < 1.29 is 14.8 Å². The van der Waals surface area contributed by atoms with Crippen molar-refractivity contribution in [1.29, 1.82) is 0 Å². The quantitative estimate of drug-likeness (QED) is 0.661. The Hall–Kier alpha value is -2.89. The molecule has 6 heteroatoms. The number of nitrogens with one attached hydrogen (secondary N) is 1. The summed E-state index contributed by atoms with van der Waals surface area (Å²) in [6.45, 7) is 3.45. The fourth-order valence-electron chi connectivity index (χ4n) is 1.98. The Balaban J connectivity index is 2.32. The van der Waals surface area contributed by atoms with Gasteiger partial charge in [-0.2, -0.15) is 0 Å². The molecule has 0 saturated carbocycles. The van der Waals surface area contributed by atoms with Crippen molar-refractivity contribution >= 4 is 23.0 Å². The standard InChI is InChI=1S/C15H14N2O4/c1-9-3-5-12(8-14(9)17(20)21)16-13-6-4-11(15(18)19)7-10(13)2/h3-8,16H,1-2H3,(H,18,19). The molecule has 0 aliphatic rings. The molecule has 0 fully saturated rings. The number of carbonyl (C=O) groups is 1. The van der Waals surface area contributed by atoms with Crippen molar-refractivity contribution in [2.75, 3.05) is 5.32 Å². The molecule has 0 atom stereocenters. The number of aryl methyl sites for hydroxylation is 2. The molecular formula is C15H14N2O4. The maximum atomic E-state index is 10.9. The minimum absolute atomic E-state index is 0.0415. The van der Waals surface area contributed by atoms with Crippen molar-refractivity contribution in [3.05, 3.63) is 63.2 Å². The smallest absolute Gasteiger partial charge is 0.335 e. The highest BCUT2D eigenvalue weighted by atomic mass is 16.6. The Kier molecular flexibility index (Phi) is 3.89. The lowest BCUT2D eigenvalue weighted by molar-refractivity contribution is -0.385. The van der Waals surface area contributed by atoms with Gasteiger partial charge in [-0.3, -0.25) is 10.1 Å². The van der Waals surface area contributed by atoms with E-state index in [-0.39, 0.29) is 11.3 Å². The maximum absolute atomic E-state index is 10.9. The minimum atomic E-state index is -0.990. The fraction of sp³-hybridized carbons (Fsp3) is 0.133. The van der Waals surface area contributed by atoms with Crippen LogP contribution in [0.3, 0.4) is 0 Å². The van der Waals surface area contributed by atoms with E-state index in [4.69, 9.17) is 5.11 Å². The summed E-state index contributed by atoms with van der Waals surface area (Å²) in [5, 5.41) is 22.9. The lowest BCUT2D eigenvalue weighted by atomic mass is 10.1. The molecule has 2 aromatic carbocycles. The normalized spacial score (nSPS) is 10.2. The highest BCUT2D eigenvalue weighted by molar-refractivity contribution is 5.88. The third-order valence-corrected chi connectivity index (χ3v) is 3.16. The average molecular weight is 286 g/mol. The van der Waals surface area contributed by atoms with Gasteiger partial charge in [-0.05, 0) is 43.7 Å². The maximum Gasteiger partial charge on any atom is 0.335 e. The van der Waals surface area contributed by atoms with Crippen LogP contribution in [-0.2, 0) is 0 Å². The van der Waals surface area contributed by atoms with Crippen molar-refractivity contribution in [2.24, 2.45) is 0 Å². The summed E-state index contributed by atoms with van der Waals surface area (Å²) in [5.74, 6) is -0.990. The zero-order valence-electron chi connectivity index (χ0n) is 11.6. The van der Waals surface area contributed by atoms with Gasteiger partial charge in [-0.1, -0.05) is 6.07 Å². The molecular weight excluding hydrogens is 272 g/mol. The number of hydrogen-bond acceptors (Lipinski definition) is 4. The Morgan fingerprint density at radius 1 is 1.14 bits per heavy atom. The summed E-state index contributed by atoms with van der Waals surface area (Å²) in [7, 11) is 0. The van der Waals surface area contributed by atoms with E-state index in [9.17, 15) is 14.9 Å². The molecule has 0 unspecified atom stereocenters. The van der Waals surface area contributed by atoms with E-state index in [1.165, 1.54) is 12.1 Å². The van der Waals surface area contributed by atoms with Gasteiger partial charge in [-0.25, -0.2) is 4.79 Å². The molecule has 108 valence electrons. The van der Waals surface area contributed by atoms with Crippen LogP contribution >= 0.6 is 0 Å². The van der Waals surface area contributed by atoms with E-state index in [1.54, 1.807) is 38.1 Å². The SMILES string of the molecule is Cc1cc(C(=O)O)ccc1Nc1ccc(C)c([N+](=O)[O-])c1. The van der Waals surface area contributed by atoms with Crippen molar-refractivity contribution in [3.63, 3.8) is 0 Å². The summed E-state index contributed by atoms with van der Waals surface area (Å²) in [6.07, 6.45) is 0. The summed E-state index contributed by atoms with van der Waals surface area (Å²) in [4.78, 5) is 21.4. The largest absolute Gasteiger partial charge is 0.478 e. The van der Waals surface area contributed by atoms with E-state index < -0.39 is 10.9 Å². The number of benzene rings is 2. The van der Waals surface area contributed by atoms with Gasteiger partial charge in [0.2, 0.25) is 0 Å². The van der Waals surface area contributed by atoms with Crippen LogP contribution in [0.4, 0.5) is 17.1 Å². The topological polar surface area (TPSA) is 92.5 Å². The van der Waals surface area contributed by atoms with Crippen LogP contribution in [0.1, 0.15) is 21.5 Å². The number of hydrogen-bond donors (Lipinski definition) is 2. The van der Waals surface area contributed by atoms with Crippen molar-refractivity contribution in [1.82, 2.24) is 0 Å². The fourth-order valence-corrected chi connectivity index (χ4v) is 1.98.